The van der Waals surface area contributed by atoms with E-state index < -0.39 is 0 Å². The number of rotatable bonds is 4. The van der Waals surface area contributed by atoms with Crippen molar-refractivity contribution in [3.8, 4) is 0 Å². The average molecular weight is 325 g/mol. The average Bonchev–Trinajstić information content (AvgIpc) is 3.10. The molecule has 1 unspecified atom stereocenters. The molecule has 124 valence electrons. The van der Waals surface area contributed by atoms with E-state index in [9.17, 15) is 9.59 Å². The molecule has 7 nitrogen and oxygen atoms in total. The minimum absolute atomic E-state index is 0.00131. The second kappa shape index (κ2) is 7.16. The molecule has 7 heteroatoms. The van der Waals surface area contributed by atoms with Gasteiger partial charge in [0.05, 0.1) is 24.5 Å². The zero-order valence-corrected chi connectivity index (χ0v) is 13.5. The lowest BCUT2D eigenvalue weighted by Crippen LogP contribution is -2.31. The van der Waals surface area contributed by atoms with Crippen LogP contribution in [0.4, 0.5) is 0 Å². The van der Waals surface area contributed by atoms with Gasteiger partial charge in [0.25, 0.3) is 5.91 Å². The van der Waals surface area contributed by atoms with Crippen molar-refractivity contribution in [3.63, 3.8) is 0 Å². The van der Waals surface area contributed by atoms with Crippen LogP contribution in [-0.2, 0) is 11.3 Å². The molecule has 2 aromatic rings. The predicted octanol–water partition coefficient (Wildman–Crippen LogP) is 1.48. The number of hydrogen-bond acceptors (Lipinski definition) is 5. The number of aromatic nitrogens is 3. The summed E-state index contributed by atoms with van der Waals surface area (Å²) in [7, 11) is 0. The number of nitrogens with zero attached hydrogens (tertiary/aromatic N) is 4. The number of nitrogens with one attached hydrogen (secondary N) is 1. The minimum atomic E-state index is -0.106. The Balaban J connectivity index is 1.79. The summed E-state index contributed by atoms with van der Waals surface area (Å²) < 4.78 is 0. The first-order valence-electron chi connectivity index (χ1n) is 7.91. The lowest BCUT2D eigenvalue weighted by molar-refractivity contribution is -0.119. The van der Waals surface area contributed by atoms with Crippen LogP contribution in [0.5, 0.6) is 0 Å². The number of carbonyl (C=O) groups is 2. The van der Waals surface area contributed by atoms with Gasteiger partial charge in [-0.25, -0.2) is 4.98 Å². The first-order valence-corrected chi connectivity index (χ1v) is 7.91. The first kappa shape index (κ1) is 16.0. The molecule has 3 rings (SSSR count). The third kappa shape index (κ3) is 3.56. The van der Waals surface area contributed by atoms with Crippen LogP contribution in [-0.4, -0.2) is 38.2 Å². The normalized spacial score (nSPS) is 16.9. The van der Waals surface area contributed by atoms with Crippen molar-refractivity contribution in [2.45, 2.75) is 32.4 Å². The van der Waals surface area contributed by atoms with Crippen molar-refractivity contribution < 1.29 is 9.59 Å². The molecule has 1 N–H and O–H groups in total. The highest BCUT2D eigenvalue weighted by molar-refractivity contribution is 5.92. The van der Waals surface area contributed by atoms with Crippen molar-refractivity contribution in [2.24, 2.45) is 0 Å². The Morgan fingerprint density at radius 3 is 2.92 bits per heavy atom. The molecule has 0 radical (unpaired) electrons. The van der Waals surface area contributed by atoms with E-state index in [4.69, 9.17) is 0 Å². The van der Waals surface area contributed by atoms with E-state index in [1.165, 1.54) is 19.3 Å². The van der Waals surface area contributed by atoms with Crippen LogP contribution < -0.4 is 5.32 Å². The second-order valence-corrected chi connectivity index (χ2v) is 5.74. The SMILES string of the molecule is CC(=O)NCc1cc(C2CCCN2C(=O)c2cnccn2)ccn1. The second-order valence-electron chi connectivity index (χ2n) is 5.74. The van der Waals surface area contributed by atoms with Crippen LogP contribution in [0.25, 0.3) is 0 Å². The molecule has 2 aromatic heterocycles. The van der Waals surface area contributed by atoms with Crippen molar-refractivity contribution in [1.29, 1.82) is 0 Å². The number of hydrogen-bond donors (Lipinski definition) is 1. The van der Waals surface area contributed by atoms with E-state index in [1.807, 2.05) is 17.0 Å². The van der Waals surface area contributed by atoms with Gasteiger partial charge in [-0.3, -0.25) is 19.6 Å². The van der Waals surface area contributed by atoms with Crippen molar-refractivity contribution in [2.75, 3.05) is 6.54 Å². The van der Waals surface area contributed by atoms with Crippen molar-refractivity contribution in [1.82, 2.24) is 25.2 Å². The fraction of sp³-hybridized carbons (Fsp3) is 0.353. The van der Waals surface area contributed by atoms with Crippen molar-refractivity contribution in [3.05, 3.63) is 53.9 Å². The molecule has 1 fully saturated rings. The van der Waals surface area contributed by atoms with Crippen LogP contribution in [0.1, 0.15) is 47.6 Å². The number of carbonyl (C=O) groups excluding carboxylic acids is 2. The van der Waals surface area contributed by atoms with Gasteiger partial charge in [0.15, 0.2) is 0 Å². The maximum Gasteiger partial charge on any atom is 0.274 e. The van der Waals surface area contributed by atoms with Crippen LogP contribution in [0.3, 0.4) is 0 Å². The molecular formula is C17H19N5O2. The van der Waals surface area contributed by atoms with Gasteiger partial charge < -0.3 is 10.2 Å². The van der Waals surface area contributed by atoms with Gasteiger partial charge >= 0.3 is 0 Å². The molecule has 2 amide bonds. The minimum Gasteiger partial charge on any atom is -0.351 e. The Hall–Kier alpha value is -2.83. The third-order valence-electron chi connectivity index (χ3n) is 4.04. The molecule has 0 bridgehead atoms. The molecule has 0 aliphatic carbocycles. The van der Waals surface area contributed by atoms with Gasteiger partial charge in [-0.15, -0.1) is 0 Å². The molecule has 1 atom stereocenters. The Morgan fingerprint density at radius 2 is 2.17 bits per heavy atom. The number of amides is 2. The largest absolute Gasteiger partial charge is 0.351 e. The van der Waals surface area contributed by atoms with Gasteiger partial charge in [0, 0.05) is 32.1 Å². The van der Waals surface area contributed by atoms with Gasteiger partial charge in [0.2, 0.25) is 5.91 Å². The van der Waals surface area contributed by atoms with E-state index in [-0.39, 0.29) is 17.9 Å². The highest BCUT2D eigenvalue weighted by atomic mass is 16.2. The summed E-state index contributed by atoms with van der Waals surface area (Å²) in [4.78, 5) is 37.9. The highest BCUT2D eigenvalue weighted by Crippen LogP contribution is 2.32. The number of pyridine rings is 1. The quantitative estimate of drug-likeness (QED) is 0.920. The van der Waals surface area contributed by atoms with E-state index in [1.54, 1.807) is 12.4 Å². The molecular weight excluding hydrogens is 306 g/mol. The molecule has 3 heterocycles. The van der Waals surface area contributed by atoms with E-state index in [2.05, 4.69) is 20.3 Å². The van der Waals surface area contributed by atoms with Crippen LogP contribution in [0, 0.1) is 0 Å². The third-order valence-corrected chi connectivity index (χ3v) is 4.04. The zero-order chi connectivity index (χ0) is 16.9. The molecule has 0 aromatic carbocycles. The summed E-state index contributed by atoms with van der Waals surface area (Å²) in [6.45, 7) is 2.56. The van der Waals surface area contributed by atoms with Crippen molar-refractivity contribution >= 4 is 11.8 Å². The van der Waals surface area contributed by atoms with Crippen LogP contribution >= 0.6 is 0 Å². The van der Waals surface area contributed by atoms with Crippen LogP contribution in [0.15, 0.2) is 36.9 Å². The predicted molar refractivity (Wildman–Crippen MR) is 86.8 cm³/mol. The zero-order valence-electron chi connectivity index (χ0n) is 13.5. The molecule has 24 heavy (non-hydrogen) atoms. The van der Waals surface area contributed by atoms with Gasteiger partial charge in [-0.05, 0) is 30.5 Å². The summed E-state index contributed by atoms with van der Waals surface area (Å²) in [5.41, 5.74) is 2.17. The topological polar surface area (TPSA) is 88.1 Å². The fourth-order valence-corrected chi connectivity index (χ4v) is 2.93. The van der Waals surface area contributed by atoms with E-state index in [0.717, 1.165) is 24.1 Å². The maximum atomic E-state index is 12.7. The fourth-order valence-electron chi connectivity index (χ4n) is 2.93. The summed E-state index contributed by atoms with van der Waals surface area (Å²) in [5, 5.41) is 2.74. The summed E-state index contributed by atoms with van der Waals surface area (Å²) in [6, 6.07) is 3.87. The number of likely N-dealkylation sites (tertiary alicyclic amines) is 1. The molecule has 0 spiro atoms. The lowest BCUT2D eigenvalue weighted by atomic mass is 10.0. The lowest BCUT2D eigenvalue weighted by Gasteiger charge is -2.25. The Morgan fingerprint density at radius 1 is 1.29 bits per heavy atom. The Kier molecular flexibility index (Phi) is 4.79. The summed E-state index contributed by atoms with van der Waals surface area (Å²) >= 11 is 0. The Labute approximate surface area is 140 Å². The summed E-state index contributed by atoms with van der Waals surface area (Å²) in [5.74, 6) is -0.201. The molecule has 1 aliphatic heterocycles. The molecule has 1 saturated heterocycles. The maximum absolute atomic E-state index is 12.7. The first-order chi connectivity index (χ1) is 11.6. The standard InChI is InChI=1S/C17H19N5O2/c1-12(23)21-10-14-9-13(4-5-19-14)16-3-2-8-22(16)17(24)15-11-18-6-7-20-15/h4-7,9,11,16H,2-3,8,10H2,1H3,(H,21,23). The van der Waals surface area contributed by atoms with E-state index in [0.29, 0.717) is 18.8 Å². The molecule has 0 saturated carbocycles. The van der Waals surface area contributed by atoms with E-state index >= 15 is 0 Å². The monoisotopic (exact) mass is 325 g/mol. The molecule has 1 aliphatic rings. The van der Waals surface area contributed by atoms with Gasteiger partial charge in [-0.1, -0.05) is 0 Å². The highest BCUT2D eigenvalue weighted by Gasteiger charge is 2.31. The Bertz CT molecular complexity index is 735. The van der Waals surface area contributed by atoms with Gasteiger partial charge in [0.1, 0.15) is 5.69 Å². The van der Waals surface area contributed by atoms with Gasteiger partial charge in [-0.2, -0.15) is 0 Å². The summed E-state index contributed by atoms with van der Waals surface area (Å²) in [6.07, 6.45) is 8.13. The van der Waals surface area contributed by atoms with Crippen LogP contribution in [0.2, 0.25) is 0 Å². The smallest absolute Gasteiger partial charge is 0.274 e.